The van der Waals surface area contributed by atoms with E-state index in [-0.39, 0.29) is 17.2 Å². The van der Waals surface area contributed by atoms with Crippen LogP contribution in [-0.2, 0) is 5.41 Å². The molecule has 0 amide bonds. The zero-order chi connectivity index (χ0) is 16.2. The first-order valence-electron chi connectivity index (χ1n) is 7.53. The van der Waals surface area contributed by atoms with Gasteiger partial charge in [-0.05, 0) is 37.7 Å². The monoisotopic (exact) mass is 377 g/mol. The Morgan fingerprint density at radius 3 is 2.91 bits per heavy atom. The minimum Gasteiger partial charge on any atom is -0.368 e. The number of halogens is 2. The van der Waals surface area contributed by atoms with Crippen molar-refractivity contribution in [2.24, 2.45) is 0 Å². The van der Waals surface area contributed by atoms with Crippen LogP contribution in [0.25, 0.3) is 0 Å². The molecule has 0 bridgehead atoms. The van der Waals surface area contributed by atoms with Gasteiger partial charge < -0.3 is 15.5 Å². The molecule has 0 radical (unpaired) electrons. The first-order chi connectivity index (χ1) is 11.0. The molecule has 3 heterocycles. The summed E-state index contributed by atoms with van der Waals surface area (Å²) in [4.78, 5) is 12.1. The van der Waals surface area contributed by atoms with Gasteiger partial charge in [-0.2, -0.15) is 4.98 Å². The lowest BCUT2D eigenvalue weighted by Crippen LogP contribution is -2.34. The van der Waals surface area contributed by atoms with Crippen LogP contribution in [-0.4, -0.2) is 41.5 Å². The van der Waals surface area contributed by atoms with Gasteiger partial charge in [0.2, 0.25) is 5.95 Å². The zero-order valence-electron chi connectivity index (χ0n) is 12.8. The Bertz CT molecular complexity index is 783. The van der Waals surface area contributed by atoms with Crippen molar-refractivity contribution < 1.29 is 4.39 Å². The highest BCUT2D eigenvalue weighted by Crippen LogP contribution is 2.49. The number of fused-ring (bicyclic) bond motifs is 2. The van der Waals surface area contributed by atoms with Gasteiger partial charge in [-0.15, -0.1) is 0 Å². The molecule has 2 N–H and O–H groups in total. The van der Waals surface area contributed by atoms with E-state index in [1.807, 2.05) is 17.0 Å². The molecule has 4 rings (SSSR count). The molecule has 5 nitrogen and oxygen atoms in total. The van der Waals surface area contributed by atoms with Crippen molar-refractivity contribution in [2.75, 3.05) is 37.3 Å². The molecule has 1 aromatic heterocycles. The van der Waals surface area contributed by atoms with E-state index < -0.39 is 5.82 Å². The Morgan fingerprint density at radius 1 is 1.35 bits per heavy atom. The molecule has 1 fully saturated rings. The quantitative estimate of drug-likeness (QED) is 0.827. The standard InChI is InChI=1S/C16H17BrFN5/c1-22-5-4-16(8-22)9-23(13-6-10(17)2-3-11(13)16)14-12(18)7-20-15(19)21-14/h2-3,6-7H,4-5,8-9H2,1H3,(H2,19,20,21). The molecule has 1 aromatic carbocycles. The first kappa shape index (κ1) is 14.8. The van der Waals surface area contributed by atoms with Gasteiger partial charge in [0.15, 0.2) is 11.6 Å². The van der Waals surface area contributed by atoms with Crippen LogP contribution in [0, 0.1) is 5.82 Å². The SMILES string of the molecule is CN1CCC2(C1)CN(c1nc(N)ncc1F)c1cc(Br)ccc12. The Morgan fingerprint density at radius 2 is 2.17 bits per heavy atom. The summed E-state index contributed by atoms with van der Waals surface area (Å²) in [5, 5.41) is 0. The summed E-state index contributed by atoms with van der Waals surface area (Å²) in [6, 6.07) is 6.22. The third-order valence-electron chi connectivity index (χ3n) is 4.83. The summed E-state index contributed by atoms with van der Waals surface area (Å²) in [5.41, 5.74) is 7.93. The summed E-state index contributed by atoms with van der Waals surface area (Å²) in [7, 11) is 2.12. The van der Waals surface area contributed by atoms with E-state index in [1.165, 1.54) is 5.56 Å². The molecule has 2 aromatic rings. The van der Waals surface area contributed by atoms with Gasteiger partial charge in [-0.1, -0.05) is 22.0 Å². The van der Waals surface area contributed by atoms with E-state index in [1.54, 1.807) is 0 Å². The maximum absolute atomic E-state index is 14.3. The number of aromatic nitrogens is 2. The number of anilines is 3. The Balaban J connectivity index is 1.87. The average Bonchev–Trinajstić information content (AvgIpc) is 3.03. The molecule has 2 aliphatic heterocycles. The van der Waals surface area contributed by atoms with Gasteiger partial charge in [0.25, 0.3) is 0 Å². The lowest BCUT2D eigenvalue weighted by molar-refractivity contribution is 0.378. The number of hydrogen-bond acceptors (Lipinski definition) is 5. The van der Waals surface area contributed by atoms with Crippen molar-refractivity contribution in [3.63, 3.8) is 0 Å². The second-order valence-electron chi connectivity index (χ2n) is 6.42. The molecule has 0 saturated carbocycles. The maximum atomic E-state index is 14.3. The van der Waals surface area contributed by atoms with E-state index in [0.29, 0.717) is 6.54 Å². The molecule has 1 spiro atoms. The number of likely N-dealkylation sites (N-methyl/N-ethyl adjacent to an activating group) is 1. The second-order valence-corrected chi connectivity index (χ2v) is 7.33. The molecular weight excluding hydrogens is 361 g/mol. The van der Waals surface area contributed by atoms with Gasteiger partial charge >= 0.3 is 0 Å². The van der Waals surface area contributed by atoms with E-state index >= 15 is 0 Å². The fraction of sp³-hybridized carbons (Fsp3) is 0.375. The number of likely N-dealkylation sites (tertiary alicyclic amines) is 1. The van der Waals surface area contributed by atoms with Gasteiger partial charge in [0.1, 0.15) is 0 Å². The first-order valence-corrected chi connectivity index (χ1v) is 8.32. The lowest BCUT2D eigenvalue weighted by atomic mass is 9.82. The summed E-state index contributed by atoms with van der Waals surface area (Å²) in [6.45, 7) is 2.70. The highest BCUT2D eigenvalue weighted by Gasteiger charge is 2.47. The number of nitrogens with two attached hydrogens (primary N) is 1. The molecule has 120 valence electrons. The summed E-state index contributed by atoms with van der Waals surface area (Å²) in [5.74, 6) is -0.112. The van der Waals surface area contributed by atoms with Gasteiger partial charge in [0, 0.05) is 28.7 Å². The molecule has 23 heavy (non-hydrogen) atoms. The van der Waals surface area contributed by atoms with Crippen molar-refractivity contribution in [3.05, 3.63) is 40.2 Å². The summed E-state index contributed by atoms with van der Waals surface area (Å²) >= 11 is 3.52. The Kier molecular flexibility index (Phi) is 3.32. The Labute approximate surface area is 142 Å². The van der Waals surface area contributed by atoms with Crippen LogP contribution in [0.5, 0.6) is 0 Å². The molecule has 1 atom stereocenters. The predicted octanol–water partition coefficient (Wildman–Crippen LogP) is 2.69. The number of rotatable bonds is 1. The van der Waals surface area contributed by atoms with Crippen LogP contribution < -0.4 is 10.6 Å². The normalized spacial score (nSPS) is 23.7. The van der Waals surface area contributed by atoms with E-state index in [4.69, 9.17) is 5.73 Å². The van der Waals surface area contributed by atoms with Gasteiger partial charge in [-0.3, -0.25) is 0 Å². The van der Waals surface area contributed by atoms with Crippen molar-refractivity contribution in [3.8, 4) is 0 Å². The van der Waals surface area contributed by atoms with Crippen molar-refractivity contribution in [1.29, 1.82) is 0 Å². The molecule has 0 aliphatic carbocycles. The van der Waals surface area contributed by atoms with Crippen LogP contribution in [0.4, 0.5) is 21.8 Å². The van der Waals surface area contributed by atoms with E-state index in [9.17, 15) is 4.39 Å². The van der Waals surface area contributed by atoms with Gasteiger partial charge in [-0.25, -0.2) is 9.37 Å². The number of nitrogens with zero attached hydrogens (tertiary/aromatic N) is 4. The van der Waals surface area contributed by atoms with Crippen molar-refractivity contribution in [1.82, 2.24) is 14.9 Å². The smallest absolute Gasteiger partial charge is 0.222 e. The average molecular weight is 378 g/mol. The summed E-state index contributed by atoms with van der Waals surface area (Å²) in [6.07, 6.45) is 2.19. The van der Waals surface area contributed by atoms with Crippen LogP contribution in [0.2, 0.25) is 0 Å². The minimum atomic E-state index is -0.450. The summed E-state index contributed by atoms with van der Waals surface area (Å²) < 4.78 is 15.3. The van der Waals surface area contributed by atoms with Gasteiger partial charge in [0.05, 0.1) is 6.20 Å². The lowest BCUT2D eigenvalue weighted by Gasteiger charge is -2.25. The highest BCUT2D eigenvalue weighted by molar-refractivity contribution is 9.10. The highest BCUT2D eigenvalue weighted by atomic mass is 79.9. The fourth-order valence-corrected chi connectivity index (χ4v) is 4.18. The Hall–Kier alpha value is -1.73. The predicted molar refractivity (Wildman–Crippen MR) is 91.3 cm³/mol. The molecule has 7 heteroatoms. The number of hydrogen-bond donors (Lipinski definition) is 1. The number of nitrogen functional groups attached to an aromatic ring is 1. The molecular formula is C16H17BrFN5. The molecule has 2 aliphatic rings. The van der Waals surface area contributed by atoms with Crippen LogP contribution >= 0.6 is 15.9 Å². The van der Waals surface area contributed by atoms with E-state index in [0.717, 1.165) is 35.9 Å². The van der Waals surface area contributed by atoms with Crippen LogP contribution in [0.3, 0.4) is 0 Å². The molecule has 1 saturated heterocycles. The number of benzene rings is 1. The second kappa shape index (κ2) is 5.14. The zero-order valence-corrected chi connectivity index (χ0v) is 14.3. The van der Waals surface area contributed by atoms with Crippen LogP contribution in [0.15, 0.2) is 28.9 Å². The fourth-order valence-electron chi connectivity index (χ4n) is 3.83. The third kappa shape index (κ3) is 2.30. The third-order valence-corrected chi connectivity index (χ3v) is 5.32. The van der Waals surface area contributed by atoms with Crippen molar-refractivity contribution in [2.45, 2.75) is 11.8 Å². The maximum Gasteiger partial charge on any atom is 0.222 e. The minimum absolute atomic E-state index is 0.0108. The van der Waals surface area contributed by atoms with Crippen molar-refractivity contribution >= 4 is 33.4 Å². The molecule has 1 unspecified atom stereocenters. The van der Waals surface area contributed by atoms with E-state index in [2.05, 4.69) is 43.9 Å². The largest absolute Gasteiger partial charge is 0.368 e. The topological polar surface area (TPSA) is 58.3 Å². The van der Waals surface area contributed by atoms with Crippen LogP contribution in [0.1, 0.15) is 12.0 Å².